The van der Waals surface area contributed by atoms with Crippen LogP contribution >= 0.6 is 0 Å². The molecule has 24 heavy (non-hydrogen) atoms. The first-order valence-electron chi connectivity index (χ1n) is 7.83. The molecule has 1 amide bonds. The summed E-state index contributed by atoms with van der Waals surface area (Å²) in [7, 11) is 3.54. The number of nitrogens with one attached hydrogen (secondary N) is 1. The minimum atomic E-state index is -0.425. The Kier molecular flexibility index (Phi) is 4.01. The molecule has 1 aliphatic carbocycles. The van der Waals surface area contributed by atoms with Crippen molar-refractivity contribution < 1.29 is 4.79 Å². The zero-order chi connectivity index (χ0) is 17.4. The average Bonchev–Trinajstić information content (AvgIpc) is 2.90. The fraction of sp³-hybridized carbons (Fsp3) is 0.353. The van der Waals surface area contributed by atoms with Crippen LogP contribution < -0.4 is 21.7 Å². The van der Waals surface area contributed by atoms with E-state index in [9.17, 15) is 9.59 Å². The van der Waals surface area contributed by atoms with E-state index in [0.717, 1.165) is 22.2 Å². The summed E-state index contributed by atoms with van der Waals surface area (Å²) in [4.78, 5) is 25.2. The standard InChI is InChI=1S/C17H21N5O2/c1-11-7-5-6-8-14-15(11)20(3)17(24)22(14)16(23)18-9-13-10-19-21(4)12(13)2/h5,7-8,10H,6,9H2,1-4H3,(H,18,23). The second kappa shape index (κ2) is 5.99. The highest BCUT2D eigenvalue weighted by Gasteiger charge is 2.16. The van der Waals surface area contributed by atoms with Crippen molar-refractivity contribution in [2.24, 2.45) is 14.1 Å². The van der Waals surface area contributed by atoms with Gasteiger partial charge in [0.2, 0.25) is 0 Å². The largest absolute Gasteiger partial charge is 0.337 e. The first kappa shape index (κ1) is 16.0. The number of nitrogens with zero attached hydrogens (tertiary/aromatic N) is 4. The van der Waals surface area contributed by atoms with E-state index in [1.807, 2.05) is 39.1 Å². The molecule has 0 saturated heterocycles. The second-order valence-electron chi connectivity index (χ2n) is 5.97. The third kappa shape index (κ3) is 2.51. The molecule has 1 aliphatic rings. The SMILES string of the molecule is CC1=c2c(n(C(=O)NCc3cnn(C)c3C)c(=O)n2C)=CCC=C1. The molecule has 0 radical (unpaired) electrons. The Hall–Kier alpha value is -2.83. The van der Waals surface area contributed by atoms with Gasteiger partial charge < -0.3 is 5.32 Å². The van der Waals surface area contributed by atoms with Gasteiger partial charge in [0.25, 0.3) is 0 Å². The molecule has 2 aromatic heterocycles. The van der Waals surface area contributed by atoms with Crippen molar-refractivity contribution in [3.63, 3.8) is 0 Å². The smallest absolute Gasteiger partial charge is 0.333 e. The molecule has 0 bridgehead atoms. The number of aromatic nitrogens is 4. The summed E-state index contributed by atoms with van der Waals surface area (Å²) in [6, 6.07) is -0.425. The minimum Gasteiger partial charge on any atom is -0.333 e. The van der Waals surface area contributed by atoms with Crippen molar-refractivity contribution in [1.29, 1.82) is 0 Å². The lowest BCUT2D eigenvalue weighted by atomic mass is 10.2. The van der Waals surface area contributed by atoms with Crippen molar-refractivity contribution in [2.75, 3.05) is 0 Å². The molecule has 2 heterocycles. The Balaban J connectivity index is 2.00. The summed E-state index contributed by atoms with van der Waals surface area (Å²) >= 11 is 0. The third-order valence-corrected chi connectivity index (χ3v) is 4.46. The Morgan fingerprint density at radius 2 is 2.08 bits per heavy atom. The molecular formula is C17H21N5O2. The van der Waals surface area contributed by atoms with Crippen molar-refractivity contribution in [3.05, 3.63) is 50.8 Å². The fourth-order valence-corrected chi connectivity index (χ4v) is 2.95. The van der Waals surface area contributed by atoms with E-state index in [4.69, 9.17) is 0 Å². The van der Waals surface area contributed by atoms with Gasteiger partial charge in [0.1, 0.15) is 0 Å². The molecule has 0 unspecified atom stereocenters. The average molecular weight is 327 g/mol. The highest BCUT2D eigenvalue weighted by molar-refractivity contribution is 5.77. The van der Waals surface area contributed by atoms with Crippen LogP contribution in [0.15, 0.2) is 23.1 Å². The van der Waals surface area contributed by atoms with Gasteiger partial charge in [-0.15, -0.1) is 0 Å². The summed E-state index contributed by atoms with van der Waals surface area (Å²) in [6.45, 7) is 4.21. The molecule has 3 rings (SSSR count). The number of hydrogen-bond donors (Lipinski definition) is 1. The summed E-state index contributed by atoms with van der Waals surface area (Å²) < 4.78 is 4.48. The molecule has 0 saturated carbocycles. The molecule has 0 aromatic carbocycles. The van der Waals surface area contributed by atoms with E-state index in [-0.39, 0.29) is 5.69 Å². The molecule has 0 atom stereocenters. The van der Waals surface area contributed by atoms with Crippen molar-refractivity contribution in [1.82, 2.24) is 24.2 Å². The number of aryl methyl sites for hydroxylation is 1. The summed E-state index contributed by atoms with van der Waals surface area (Å²) in [5, 5.41) is 8.40. The quantitative estimate of drug-likeness (QED) is 0.837. The van der Waals surface area contributed by atoms with Gasteiger partial charge in [0.15, 0.2) is 0 Å². The van der Waals surface area contributed by atoms with Crippen LogP contribution in [0.25, 0.3) is 11.6 Å². The van der Waals surface area contributed by atoms with E-state index >= 15 is 0 Å². The molecular weight excluding hydrogens is 306 g/mol. The Morgan fingerprint density at radius 3 is 2.75 bits per heavy atom. The lowest BCUT2D eigenvalue weighted by Gasteiger charge is -2.05. The normalized spacial score (nSPS) is 13.4. The fourth-order valence-electron chi connectivity index (χ4n) is 2.95. The molecule has 1 N–H and O–H groups in total. The monoisotopic (exact) mass is 327 g/mol. The van der Waals surface area contributed by atoms with Crippen LogP contribution in [-0.2, 0) is 20.6 Å². The number of amides is 1. The van der Waals surface area contributed by atoms with Gasteiger partial charge in [-0.05, 0) is 25.8 Å². The predicted molar refractivity (Wildman–Crippen MR) is 91.8 cm³/mol. The number of carbonyl (C=O) groups excluding carboxylic acids is 1. The van der Waals surface area contributed by atoms with Gasteiger partial charge >= 0.3 is 11.7 Å². The molecule has 7 heteroatoms. The van der Waals surface area contributed by atoms with Gasteiger partial charge in [0, 0.05) is 31.9 Å². The molecule has 0 spiro atoms. The number of hydrogen-bond acceptors (Lipinski definition) is 3. The van der Waals surface area contributed by atoms with Crippen LogP contribution in [0, 0.1) is 6.92 Å². The van der Waals surface area contributed by atoms with E-state index in [2.05, 4.69) is 10.4 Å². The summed E-state index contributed by atoms with van der Waals surface area (Å²) in [5.74, 6) is 0. The van der Waals surface area contributed by atoms with Gasteiger partial charge in [-0.25, -0.2) is 14.2 Å². The predicted octanol–water partition coefficient (Wildman–Crippen LogP) is -0.102. The van der Waals surface area contributed by atoms with Gasteiger partial charge in [-0.2, -0.15) is 5.10 Å². The Labute approximate surface area is 139 Å². The van der Waals surface area contributed by atoms with Crippen molar-refractivity contribution in [3.8, 4) is 0 Å². The van der Waals surface area contributed by atoms with Crippen molar-refractivity contribution >= 4 is 17.7 Å². The first-order chi connectivity index (χ1) is 11.4. The molecule has 7 nitrogen and oxygen atoms in total. The Morgan fingerprint density at radius 1 is 1.33 bits per heavy atom. The van der Waals surface area contributed by atoms with E-state index in [1.54, 1.807) is 17.9 Å². The molecule has 2 aromatic rings. The van der Waals surface area contributed by atoms with Crippen LogP contribution in [0.4, 0.5) is 4.79 Å². The van der Waals surface area contributed by atoms with Crippen LogP contribution in [-0.4, -0.2) is 24.9 Å². The Bertz CT molecular complexity index is 1020. The number of rotatable bonds is 2. The topological polar surface area (TPSA) is 73.8 Å². The highest BCUT2D eigenvalue weighted by atomic mass is 16.2. The van der Waals surface area contributed by atoms with Crippen LogP contribution in [0.2, 0.25) is 0 Å². The summed E-state index contributed by atoms with van der Waals surface area (Å²) in [5.41, 5.74) is 2.53. The molecule has 126 valence electrons. The summed E-state index contributed by atoms with van der Waals surface area (Å²) in [6.07, 6.45) is 8.29. The number of carbonyl (C=O) groups is 1. The van der Waals surface area contributed by atoms with Crippen molar-refractivity contribution in [2.45, 2.75) is 26.8 Å². The highest BCUT2D eigenvalue weighted by Crippen LogP contribution is 2.04. The second-order valence-corrected chi connectivity index (χ2v) is 5.97. The van der Waals surface area contributed by atoms with E-state index in [1.165, 1.54) is 9.13 Å². The lowest BCUT2D eigenvalue weighted by molar-refractivity contribution is 0.240. The maximum Gasteiger partial charge on any atom is 0.337 e. The minimum absolute atomic E-state index is 0.329. The molecule has 0 aliphatic heterocycles. The van der Waals surface area contributed by atoms with E-state index < -0.39 is 6.03 Å². The van der Waals surface area contributed by atoms with E-state index in [0.29, 0.717) is 18.3 Å². The van der Waals surface area contributed by atoms with Gasteiger partial charge in [-0.1, -0.05) is 18.2 Å². The van der Waals surface area contributed by atoms with Gasteiger partial charge in [-0.3, -0.25) is 9.25 Å². The van der Waals surface area contributed by atoms with Crippen LogP contribution in [0.3, 0.4) is 0 Å². The van der Waals surface area contributed by atoms with Crippen LogP contribution in [0.5, 0.6) is 0 Å². The number of fused-ring (bicyclic) bond motifs is 1. The molecule has 0 fully saturated rings. The zero-order valence-electron chi connectivity index (χ0n) is 14.3. The van der Waals surface area contributed by atoms with Crippen LogP contribution in [0.1, 0.15) is 24.6 Å². The van der Waals surface area contributed by atoms with Gasteiger partial charge in [0.05, 0.1) is 16.9 Å². The maximum absolute atomic E-state index is 12.6. The zero-order valence-corrected chi connectivity index (χ0v) is 14.3. The lowest BCUT2D eigenvalue weighted by Crippen LogP contribution is -2.43. The first-order valence-corrected chi connectivity index (χ1v) is 7.83. The maximum atomic E-state index is 12.6. The number of allylic oxidation sites excluding steroid dienone is 2. The third-order valence-electron chi connectivity index (χ3n) is 4.46. The number of imidazole rings is 1.